The second-order valence-corrected chi connectivity index (χ2v) is 7.37. The number of nitrogens with zero attached hydrogens (tertiary/aromatic N) is 1. The summed E-state index contributed by atoms with van der Waals surface area (Å²) in [6.45, 7) is 0. The maximum absolute atomic E-state index is 13.1. The van der Waals surface area contributed by atoms with Gasteiger partial charge >= 0.3 is 6.18 Å². The smallest absolute Gasteiger partial charge is 0.274 e. The largest absolute Gasteiger partial charge is 0.417 e. The molecule has 7 heteroatoms. The predicted molar refractivity (Wildman–Crippen MR) is 84.0 cm³/mol. The number of imide groups is 1. The van der Waals surface area contributed by atoms with Crippen molar-refractivity contribution in [3.8, 4) is 0 Å². The van der Waals surface area contributed by atoms with E-state index in [2.05, 4.69) is 15.9 Å². The van der Waals surface area contributed by atoms with Crippen LogP contribution in [0.5, 0.6) is 0 Å². The van der Waals surface area contributed by atoms with E-state index in [4.69, 9.17) is 0 Å². The van der Waals surface area contributed by atoms with Crippen LogP contribution in [0.25, 0.3) is 0 Å². The van der Waals surface area contributed by atoms with E-state index >= 15 is 0 Å². The Kier molecular flexibility index (Phi) is 3.43. The van der Waals surface area contributed by atoms with Gasteiger partial charge in [0.05, 0.1) is 23.1 Å². The number of hydrogen-bond donors (Lipinski definition) is 0. The van der Waals surface area contributed by atoms with Gasteiger partial charge in [0.15, 0.2) is 0 Å². The van der Waals surface area contributed by atoms with Crippen molar-refractivity contribution in [1.82, 2.24) is 0 Å². The molecule has 0 N–H and O–H groups in total. The monoisotopic (exact) mass is 399 g/mol. The molecule has 3 nitrogen and oxygen atoms in total. The van der Waals surface area contributed by atoms with Crippen molar-refractivity contribution in [3.63, 3.8) is 0 Å². The lowest BCUT2D eigenvalue weighted by Gasteiger charge is -2.38. The molecule has 2 amide bonds. The number of carbonyl (C=O) groups is 2. The summed E-state index contributed by atoms with van der Waals surface area (Å²) in [5.74, 6) is -1.59. The molecule has 3 aliphatic carbocycles. The number of carbonyl (C=O) groups excluding carboxylic acids is 2. The molecule has 0 spiro atoms. The molecule has 1 aromatic carbocycles. The Balaban J connectivity index is 1.76. The number of benzene rings is 1. The van der Waals surface area contributed by atoms with Crippen molar-refractivity contribution in [3.05, 3.63) is 40.4 Å². The zero-order valence-electron chi connectivity index (χ0n) is 12.4. The van der Waals surface area contributed by atoms with Crippen LogP contribution in [0.1, 0.15) is 18.4 Å². The van der Waals surface area contributed by atoms with Crippen LogP contribution in [0.15, 0.2) is 34.8 Å². The van der Waals surface area contributed by atoms with Gasteiger partial charge in [0.1, 0.15) is 0 Å². The summed E-state index contributed by atoms with van der Waals surface area (Å²) in [7, 11) is 0. The average molecular weight is 400 g/mol. The Morgan fingerprint density at radius 3 is 2.00 bits per heavy atom. The fourth-order valence-electron chi connectivity index (χ4n) is 4.20. The minimum atomic E-state index is -4.56. The van der Waals surface area contributed by atoms with Crippen LogP contribution < -0.4 is 4.90 Å². The van der Waals surface area contributed by atoms with Gasteiger partial charge in [-0.15, -0.1) is 0 Å². The van der Waals surface area contributed by atoms with Gasteiger partial charge < -0.3 is 0 Å². The number of allylic oxidation sites excluding steroid dienone is 2. The van der Waals surface area contributed by atoms with E-state index in [-0.39, 0.29) is 33.8 Å². The van der Waals surface area contributed by atoms with Gasteiger partial charge in [-0.2, -0.15) is 13.2 Å². The van der Waals surface area contributed by atoms with Crippen molar-refractivity contribution in [2.24, 2.45) is 23.7 Å². The van der Waals surface area contributed by atoms with E-state index in [9.17, 15) is 22.8 Å². The molecule has 1 heterocycles. The van der Waals surface area contributed by atoms with Gasteiger partial charge in [-0.1, -0.05) is 28.1 Å². The Bertz CT molecular complexity index is 742. The SMILES string of the molecule is O=C1C2C3C=CC(CC3)C2C(=O)N1c1ccc(Br)c(C(F)(F)F)c1. The molecule has 1 saturated heterocycles. The Labute approximate surface area is 144 Å². The number of amides is 2. The number of anilines is 1. The van der Waals surface area contributed by atoms with Crippen LogP contribution in [0, 0.1) is 23.7 Å². The predicted octanol–water partition coefficient (Wildman–Crippen LogP) is 4.17. The van der Waals surface area contributed by atoms with Crippen molar-refractivity contribution in [2.75, 3.05) is 4.90 Å². The number of hydrogen-bond acceptors (Lipinski definition) is 2. The molecular formula is C17H13BrF3NO2. The molecule has 2 fully saturated rings. The summed E-state index contributed by atoms with van der Waals surface area (Å²) in [5, 5.41) is 0. The zero-order chi connectivity index (χ0) is 17.2. The van der Waals surface area contributed by atoms with Gasteiger partial charge in [-0.25, -0.2) is 0 Å². The molecule has 4 aliphatic rings. The molecule has 4 atom stereocenters. The van der Waals surface area contributed by atoms with Crippen LogP contribution in [0.3, 0.4) is 0 Å². The summed E-state index contributed by atoms with van der Waals surface area (Å²) in [5.41, 5.74) is -0.897. The molecular weight excluding hydrogens is 387 g/mol. The zero-order valence-corrected chi connectivity index (χ0v) is 14.0. The van der Waals surface area contributed by atoms with Crippen molar-refractivity contribution in [2.45, 2.75) is 19.0 Å². The first-order valence-corrected chi connectivity index (χ1v) is 8.51. The number of halogens is 4. The fraction of sp³-hybridized carbons (Fsp3) is 0.412. The summed E-state index contributed by atoms with van der Waals surface area (Å²) in [6.07, 6.45) is 1.10. The van der Waals surface area contributed by atoms with Gasteiger partial charge in [-0.05, 0) is 42.9 Å². The number of alkyl halides is 3. The summed E-state index contributed by atoms with van der Waals surface area (Å²) in [4.78, 5) is 26.5. The second-order valence-electron chi connectivity index (χ2n) is 6.52. The third kappa shape index (κ3) is 2.17. The van der Waals surface area contributed by atoms with Crippen LogP contribution >= 0.6 is 15.9 Å². The fourth-order valence-corrected chi connectivity index (χ4v) is 4.67. The lowest BCUT2D eigenvalue weighted by atomic mass is 9.63. The minimum Gasteiger partial charge on any atom is -0.274 e. The van der Waals surface area contributed by atoms with Crippen LogP contribution in [-0.4, -0.2) is 11.8 Å². The van der Waals surface area contributed by atoms with Crippen molar-refractivity contribution >= 4 is 33.4 Å². The molecule has 4 unspecified atom stereocenters. The quantitative estimate of drug-likeness (QED) is 0.524. The standard InChI is InChI=1S/C17H13BrF3NO2/c18-12-6-5-10(7-11(12)17(19,20)21)22-15(23)13-8-1-2-9(4-3-8)14(13)16(22)24/h1-2,5-9,13-14H,3-4H2. The molecule has 0 aromatic heterocycles. The third-order valence-electron chi connectivity index (χ3n) is 5.27. The van der Waals surface area contributed by atoms with Gasteiger partial charge in [0.25, 0.3) is 0 Å². The highest BCUT2D eigenvalue weighted by Crippen LogP contribution is 2.50. The summed E-state index contributed by atoms with van der Waals surface area (Å²) >= 11 is 2.88. The first-order chi connectivity index (χ1) is 11.3. The van der Waals surface area contributed by atoms with E-state index in [1.165, 1.54) is 12.1 Å². The molecule has 2 bridgehead atoms. The van der Waals surface area contributed by atoms with Gasteiger partial charge in [-0.3, -0.25) is 14.5 Å². The van der Waals surface area contributed by atoms with Crippen molar-refractivity contribution in [1.29, 1.82) is 0 Å². The maximum atomic E-state index is 13.1. The third-order valence-corrected chi connectivity index (χ3v) is 5.96. The topological polar surface area (TPSA) is 37.4 Å². The van der Waals surface area contributed by atoms with Crippen molar-refractivity contribution < 1.29 is 22.8 Å². The van der Waals surface area contributed by atoms with Crippen LogP contribution in [0.2, 0.25) is 0 Å². The van der Waals surface area contributed by atoms with E-state index in [1.54, 1.807) is 0 Å². The van der Waals surface area contributed by atoms with E-state index in [0.717, 1.165) is 23.8 Å². The molecule has 1 aliphatic heterocycles. The van der Waals surface area contributed by atoms with Gasteiger partial charge in [0, 0.05) is 4.47 Å². The molecule has 1 aromatic rings. The Morgan fingerprint density at radius 1 is 1.00 bits per heavy atom. The molecule has 5 rings (SSSR count). The highest BCUT2D eigenvalue weighted by atomic mass is 79.9. The maximum Gasteiger partial charge on any atom is 0.417 e. The van der Waals surface area contributed by atoms with Crippen LogP contribution in [-0.2, 0) is 15.8 Å². The van der Waals surface area contributed by atoms with Gasteiger partial charge in [0.2, 0.25) is 11.8 Å². The summed E-state index contributed by atoms with van der Waals surface area (Å²) < 4.78 is 39.2. The highest BCUT2D eigenvalue weighted by Gasteiger charge is 2.57. The Hall–Kier alpha value is -1.63. The second kappa shape index (κ2) is 5.18. The molecule has 0 radical (unpaired) electrons. The van der Waals surface area contributed by atoms with E-state index < -0.39 is 23.6 Å². The molecule has 1 saturated carbocycles. The number of rotatable bonds is 1. The van der Waals surface area contributed by atoms with Crippen LogP contribution in [0.4, 0.5) is 18.9 Å². The first kappa shape index (κ1) is 15.9. The van der Waals surface area contributed by atoms with E-state index in [0.29, 0.717) is 0 Å². The molecule has 126 valence electrons. The van der Waals surface area contributed by atoms with E-state index in [1.807, 2.05) is 12.2 Å². The average Bonchev–Trinajstić information content (AvgIpc) is 2.82. The first-order valence-electron chi connectivity index (χ1n) is 7.72. The lowest BCUT2D eigenvalue weighted by molar-refractivity contribution is -0.138. The Morgan fingerprint density at radius 2 is 1.54 bits per heavy atom. The normalized spacial score (nSPS) is 31.8. The highest BCUT2D eigenvalue weighted by molar-refractivity contribution is 9.10. The minimum absolute atomic E-state index is 0.00525. The molecule has 24 heavy (non-hydrogen) atoms. The summed E-state index contributed by atoms with van der Waals surface area (Å²) in [6, 6.07) is 3.47. The lowest BCUT2D eigenvalue weighted by Crippen LogP contribution is -2.38. The number of fused-ring (bicyclic) bond motifs is 1.